The van der Waals surface area contributed by atoms with Crippen LogP contribution < -0.4 is 10.1 Å². The lowest BCUT2D eigenvalue weighted by Gasteiger charge is -2.14. The second-order valence-electron chi connectivity index (χ2n) is 4.26. The van der Waals surface area contributed by atoms with Crippen LogP contribution in [-0.4, -0.2) is 37.9 Å². The highest BCUT2D eigenvalue weighted by Crippen LogP contribution is 2.22. The topological polar surface area (TPSA) is 24.5 Å². The molecule has 19 heavy (non-hydrogen) atoms. The van der Waals surface area contributed by atoms with E-state index in [-0.39, 0.29) is 5.75 Å². The van der Waals surface area contributed by atoms with E-state index in [1.807, 2.05) is 7.05 Å². The molecule has 1 aromatic carbocycles. The number of likely N-dealkylation sites (N-methyl/N-ethyl adjacent to an activating group) is 1. The van der Waals surface area contributed by atoms with E-state index in [4.69, 9.17) is 0 Å². The predicted octanol–water partition coefficient (Wildman–Crippen LogP) is 2.63. The summed E-state index contributed by atoms with van der Waals surface area (Å²) in [5.41, 5.74) is 0.925. The summed E-state index contributed by atoms with van der Waals surface area (Å²) in [6.07, 6.45) is -4.63. The molecule has 0 fully saturated rings. The van der Waals surface area contributed by atoms with Crippen molar-refractivity contribution in [3.63, 3.8) is 0 Å². The van der Waals surface area contributed by atoms with Gasteiger partial charge < -0.3 is 15.0 Å². The second kappa shape index (κ2) is 7.35. The monoisotopic (exact) mass is 276 g/mol. The summed E-state index contributed by atoms with van der Waals surface area (Å²) in [7, 11) is 2.03. The maximum absolute atomic E-state index is 12.0. The first-order chi connectivity index (χ1) is 8.90. The molecule has 0 bridgehead atoms. The zero-order chi connectivity index (χ0) is 14.3. The fourth-order valence-electron chi connectivity index (χ4n) is 1.47. The molecule has 6 heteroatoms. The summed E-state index contributed by atoms with van der Waals surface area (Å²) < 4.78 is 39.7. The largest absolute Gasteiger partial charge is 0.573 e. The van der Waals surface area contributed by atoms with Crippen LogP contribution in [0.5, 0.6) is 5.75 Å². The lowest BCUT2D eigenvalue weighted by molar-refractivity contribution is -0.274. The van der Waals surface area contributed by atoms with Gasteiger partial charge in [-0.3, -0.25) is 0 Å². The molecule has 0 unspecified atom stereocenters. The Bertz CT molecular complexity index is 365. The number of halogens is 3. The van der Waals surface area contributed by atoms with Gasteiger partial charge in [-0.15, -0.1) is 13.2 Å². The van der Waals surface area contributed by atoms with Crippen LogP contribution in [0.4, 0.5) is 13.2 Å². The Labute approximate surface area is 111 Å². The quantitative estimate of drug-likeness (QED) is 0.775. The number of benzene rings is 1. The molecule has 0 radical (unpaired) electrons. The Morgan fingerprint density at radius 3 is 2.37 bits per heavy atom. The third kappa shape index (κ3) is 7.03. The van der Waals surface area contributed by atoms with Crippen LogP contribution in [0.25, 0.3) is 0 Å². The molecule has 0 atom stereocenters. The second-order valence-corrected chi connectivity index (χ2v) is 4.26. The van der Waals surface area contributed by atoms with Crippen LogP contribution in [0.2, 0.25) is 0 Å². The maximum Gasteiger partial charge on any atom is 0.573 e. The minimum atomic E-state index is -4.63. The Morgan fingerprint density at radius 2 is 1.84 bits per heavy atom. The first-order valence-corrected chi connectivity index (χ1v) is 6.14. The van der Waals surface area contributed by atoms with Crippen LogP contribution in [0.3, 0.4) is 0 Å². The van der Waals surface area contributed by atoms with Crippen molar-refractivity contribution in [3.05, 3.63) is 29.8 Å². The fraction of sp³-hybridized carbons (Fsp3) is 0.538. The van der Waals surface area contributed by atoms with Gasteiger partial charge in [0, 0.05) is 19.6 Å². The van der Waals surface area contributed by atoms with Crippen molar-refractivity contribution < 1.29 is 17.9 Å². The minimum Gasteiger partial charge on any atom is -0.406 e. The molecule has 0 heterocycles. The van der Waals surface area contributed by atoms with E-state index in [0.29, 0.717) is 6.54 Å². The van der Waals surface area contributed by atoms with Gasteiger partial charge in [-0.1, -0.05) is 19.1 Å². The number of nitrogens with zero attached hydrogens (tertiary/aromatic N) is 1. The average molecular weight is 276 g/mol. The molecule has 0 amide bonds. The van der Waals surface area contributed by atoms with Crippen LogP contribution in [0, 0.1) is 0 Å². The molecule has 0 aliphatic rings. The standard InChI is InChI=1S/C13H19F3N2O/c1-3-18(2)9-8-17-10-11-4-6-12(7-5-11)19-13(14,15)16/h4-7,17H,3,8-10H2,1-2H3. The minimum absolute atomic E-state index is 0.193. The number of rotatable bonds is 7. The van der Waals surface area contributed by atoms with Gasteiger partial charge >= 0.3 is 6.36 Å². The number of hydrogen-bond donors (Lipinski definition) is 1. The molecule has 3 nitrogen and oxygen atoms in total. The maximum atomic E-state index is 12.0. The van der Waals surface area contributed by atoms with Crippen molar-refractivity contribution in [2.75, 3.05) is 26.7 Å². The number of nitrogens with one attached hydrogen (secondary N) is 1. The number of hydrogen-bond acceptors (Lipinski definition) is 3. The number of alkyl halides is 3. The van der Waals surface area contributed by atoms with E-state index in [9.17, 15) is 13.2 Å². The van der Waals surface area contributed by atoms with Gasteiger partial charge in [0.2, 0.25) is 0 Å². The predicted molar refractivity (Wildman–Crippen MR) is 68.0 cm³/mol. The van der Waals surface area contributed by atoms with E-state index in [2.05, 4.69) is 21.9 Å². The molecule has 0 aromatic heterocycles. The first kappa shape index (κ1) is 15.8. The molecule has 0 aliphatic carbocycles. The molecule has 0 spiro atoms. The van der Waals surface area contributed by atoms with Gasteiger partial charge in [0.25, 0.3) is 0 Å². The van der Waals surface area contributed by atoms with Gasteiger partial charge in [-0.2, -0.15) is 0 Å². The normalized spacial score (nSPS) is 11.9. The lowest BCUT2D eigenvalue weighted by atomic mass is 10.2. The highest BCUT2D eigenvalue weighted by atomic mass is 19.4. The molecular weight excluding hydrogens is 257 g/mol. The molecule has 0 saturated heterocycles. The van der Waals surface area contributed by atoms with Crippen molar-refractivity contribution in [1.29, 1.82) is 0 Å². The van der Waals surface area contributed by atoms with Crippen LogP contribution >= 0.6 is 0 Å². The summed E-state index contributed by atoms with van der Waals surface area (Å²) in [4.78, 5) is 2.17. The molecule has 0 saturated carbocycles. The van der Waals surface area contributed by atoms with Crippen molar-refractivity contribution in [2.24, 2.45) is 0 Å². The van der Waals surface area contributed by atoms with Gasteiger partial charge in [-0.05, 0) is 31.3 Å². The highest BCUT2D eigenvalue weighted by molar-refractivity contribution is 5.27. The van der Waals surface area contributed by atoms with Crippen LogP contribution in [0.1, 0.15) is 12.5 Å². The van der Waals surface area contributed by atoms with E-state index >= 15 is 0 Å². The van der Waals surface area contributed by atoms with Crippen molar-refractivity contribution in [2.45, 2.75) is 19.8 Å². The average Bonchev–Trinajstić information content (AvgIpc) is 2.34. The van der Waals surface area contributed by atoms with Gasteiger partial charge in [0.1, 0.15) is 5.75 Å². The Kier molecular flexibility index (Phi) is 6.11. The zero-order valence-electron chi connectivity index (χ0n) is 11.1. The Morgan fingerprint density at radius 1 is 1.21 bits per heavy atom. The number of ether oxygens (including phenoxy) is 1. The summed E-state index contributed by atoms with van der Waals surface area (Å²) in [5, 5.41) is 3.23. The van der Waals surface area contributed by atoms with E-state index in [0.717, 1.165) is 25.2 Å². The summed E-state index contributed by atoms with van der Waals surface area (Å²) >= 11 is 0. The van der Waals surface area contributed by atoms with E-state index < -0.39 is 6.36 Å². The van der Waals surface area contributed by atoms with Gasteiger partial charge in [0.15, 0.2) is 0 Å². The summed E-state index contributed by atoms with van der Waals surface area (Å²) in [6, 6.07) is 5.89. The molecule has 1 aromatic rings. The first-order valence-electron chi connectivity index (χ1n) is 6.14. The summed E-state index contributed by atoms with van der Waals surface area (Å²) in [6.45, 7) is 5.48. The lowest BCUT2D eigenvalue weighted by Crippen LogP contribution is -2.28. The van der Waals surface area contributed by atoms with E-state index in [1.54, 1.807) is 12.1 Å². The molecule has 0 aliphatic heterocycles. The Hall–Kier alpha value is -1.27. The smallest absolute Gasteiger partial charge is 0.406 e. The van der Waals surface area contributed by atoms with Crippen molar-refractivity contribution >= 4 is 0 Å². The molecular formula is C13H19F3N2O. The Balaban J connectivity index is 2.32. The molecule has 1 N–H and O–H groups in total. The van der Waals surface area contributed by atoms with E-state index in [1.165, 1.54) is 12.1 Å². The molecule has 1 rings (SSSR count). The highest BCUT2D eigenvalue weighted by Gasteiger charge is 2.30. The molecule has 108 valence electrons. The van der Waals surface area contributed by atoms with Gasteiger partial charge in [-0.25, -0.2) is 0 Å². The third-order valence-corrected chi connectivity index (χ3v) is 2.70. The summed E-state index contributed by atoms with van der Waals surface area (Å²) in [5.74, 6) is -0.193. The van der Waals surface area contributed by atoms with Crippen LogP contribution in [0.15, 0.2) is 24.3 Å². The van der Waals surface area contributed by atoms with Crippen LogP contribution in [-0.2, 0) is 6.54 Å². The van der Waals surface area contributed by atoms with Gasteiger partial charge in [0.05, 0.1) is 0 Å². The van der Waals surface area contributed by atoms with Crippen molar-refractivity contribution in [3.8, 4) is 5.75 Å². The fourth-order valence-corrected chi connectivity index (χ4v) is 1.47. The zero-order valence-corrected chi connectivity index (χ0v) is 11.1. The SMILES string of the molecule is CCN(C)CCNCc1ccc(OC(F)(F)F)cc1. The van der Waals surface area contributed by atoms with Crippen molar-refractivity contribution in [1.82, 2.24) is 10.2 Å². The third-order valence-electron chi connectivity index (χ3n) is 2.70.